The lowest BCUT2D eigenvalue weighted by molar-refractivity contribution is -0.137. The Morgan fingerprint density at radius 1 is 1.00 bits per heavy atom. The summed E-state index contributed by atoms with van der Waals surface area (Å²) in [5, 5.41) is 1.02. The number of hydrogen-bond donors (Lipinski definition) is 0. The van der Waals surface area contributed by atoms with Crippen LogP contribution < -0.4 is 0 Å². The van der Waals surface area contributed by atoms with Crippen LogP contribution in [-0.4, -0.2) is 59.1 Å². The number of carbonyl (C=O) groups excluding carboxylic acids is 3. The summed E-state index contributed by atoms with van der Waals surface area (Å²) < 4.78 is 23.2. The molecular weight excluding hydrogens is 512 g/mol. The number of hydrogen-bond acceptors (Lipinski definition) is 8. The zero-order valence-electron chi connectivity index (χ0n) is 24.7. The maximum absolute atomic E-state index is 13.6. The topological polar surface area (TPSA) is 96.3 Å². The minimum Gasteiger partial charge on any atom is -0.466 e. The standard InChI is InChI=1S/C31H40N2O7/c1-9-19-17-32-15-14-21-20-12-10-11-13-24(20)33(28(35)39-30(2,3)4)26(21)25(32)16-22(19)23(27(34)37-8)18-38-29(36)40-31(5,6)7/h9-13,18,22,25H,14-17H2,1-8H3/b19-9+,23-18-/t22-,25+/m0/s1. The molecule has 9 heteroatoms. The fraction of sp³-hybridized carbons (Fsp3) is 0.516. The molecule has 4 rings (SSSR count). The Hall–Kier alpha value is -3.59. The second-order valence-corrected chi connectivity index (χ2v) is 12.2. The molecule has 1 saturated heterocycles. The van der Waals surface area contributed by atoms with Crippen molar-refractivity contribution in [3.63, 3.8) is 0 Å². The number of para-hydroxylation sites is 1. The minimum absolute atomic E-state index is 0.188. The van der Waals surface area contributed by atoms with E-state index in [2.05, 4.69) is 4.90 Å². The third-order valence-electron chi connectivity index (χ3n) is 7.13. The van der Waals surface area contributed by atoms with Gasteiger partial charge in [0.1, 0.15) is 17.5 Å². The van der Waals surface area contributed by atoms with Gasteiger partial charge in [-0.2, -0.15) is 0 Å². The predicted octanol–water partition coefficient (Wildman–Crippen LogP) is 6.30. The number of nitrogens with zero attached hydrogens (tertiary/aromatic N) is 2. The molecule has 0 unspecified atom stereocenters. The highest BCUT2D eigenvalue weighted by molar-refractivity contribution is 5.94. The molecule has 0 radical (unpaired) electrons. The van der Waals surface area contributed by atoms with Gasteiger partial charge >= 0.3 is 18.2 Å². The monoisotopic (exact) mass is 552 g/mol. The van der Waals surface area contributed by atoms with Crippen LogP contribution in [0, 0.1) is 5.92 Å². The molecule has 2 aromatic rings. The lowest BCUT2D eigenvalue weighted by atomic mass is 9.78. The Kier molecular flexibility index (Phi) is 8.17. The predicted molar refractivity (Wildman–Crippen MR) is 151 cm³/mol. The van der Waals surface area contributed by atoms with Crippen molar-refractivity contribution >= 4 is 29.1 Å². The van der Waals surface area contributed by atoms with E-state index in [1.165, 1.54) is 7.11 Å². The van der Waals surface area contributed by atoms with E-state index in [0.29, 0.717) is 13.0 Å². The van der Waals surface area contributed by atoms with Gasteiger partial charge in [-0.25, -0.2) is 19.0 Å². The van der Waals surface area contributed by atoms with Gasteiger partial charge in [-0.05, 0) is 72.9 Å². The molecule has 1 aromatic heterocycles. The van der Waals surface area contributed by atoms with Gasteiger partial charge < -0.3 is 18.9 Å². The van der Waals surface area contributed by atoms with E-state index in [0.717, 1.165) is 47.0 Å². The first kappa shape index (κ1) is 29.4. The van der Waals surface area contributed by atoms with Crippen molar-refractivity contribution in [1.29, 1.82) is 0 Å². The molecule has 0 saturated carbocycles. The molecular formula is C31H40N2O7. The van der Waals surface area contributed by atoms with E-state index in [-0.39, 0.29) is 11.6 Å². The molecule has 0 N–H and O–H groups in total. The molecule has 2 aliphatic heterocycles. The third kappa shape index (κ3) is 6.09. The Bertz CT molecular complexity index is 1370. The molecule has 2 aliphatic rings. The fourth-order valence-corrected chi connectivity index (χ4v) is 5.59. The van der Waals surface area contributed by atoms with E-state index in [1.54, 1.807) is 25.3 Å². The zero-order chi connectivity index (χ0) is 29.4. The van der Waals surface area contributed by atoms with E-state index in [4.69, 9.17) is 18.9 Å². The van der Waals surface area contributed by atoms with Crippen molar-refractivity contribution in [3.05, 3.63) is 59.0 Å². The lowest BCUT2D eigenvalue weighted by Gasteiger charge is -2.44. The first-order valence-corrected chi connectivity index (χ1v) is 13.7. The van der Waals surface area contributed by atoms with Gasteiger partial charge in [-0.3, -0.25) is 4.90 Å². The first-order valence-electron chi connectivity index (χ1n) is 13.7. The average Bonchev–Trinajstić information content (AvgIpc) is 3.21. The van der Waals surface area contributed by atoms with Crippen molar-refractivity contribution < 1.29 is 33.3 Å². The number of carbonyl (C=O) groups is 3. The van der Waals surface area contributed by atoms with E-state index in [1.807, 2.05) is 58.0 Å². The summed E-state index contributed by atoms with van der Waals surface area (Å²) in [5.41, 5.74) is 2.59. The molecule has 9 nitrogen and oxygen atoms in total. The largest absolute Gasteiger partial charge is 0.513 e. The number of benzene rings is 1. The average molecular weight is 553 g/mol. The van der Waals surface area contributed by atoms with E-state index < -0.39 is 35.3 Å². The number of rotatable bonds is 3. The van der Waals surface area contributed by atoms with Crippen molar-refractivity contribution in [2.75, 3.05) is 20.2 Å². The van der Waals surface area contributed by atoms with Crippen molar-refractivity contribution in [3.8, 4) is 0 Å². The molecule has 216 valence electrons. The summed E-state index contributed by atoms with van der Waals surface area (Å²) in [7, 11) is 1.30. The SMILES string of the molecule is C/C=C1\CN2CCc3c(n(C(=O)OC(C)(C)C)c4ccccc34)[C@H]2C[C@@H]1/C(=C/OC(=O)OC(C)(C)C)C(=O)OC. The summed E-state index contributed by atoms with van der Waals surface area (Å²) in [6.45, 7) is 14.1. The Morgan fingerprint density at radius 3 is 2.30 bits per heavy atom. The third-order valence-corrected chi connectivity index (χ3v) is 7.13. The molecule has 0 bridgehead atoms. The van der Waals surface area contributed by atoms with Gasteiger partial charge in [0.2, 0.25) is 0 Å². The molecule has 0 aliphatic carbocycles. The van der Waals surface area contributed by atoms with Gasteiger partial charge in [-0.15, -0.1) is 0 Å². The molecule has 0 spiro atoms. The minimum atomic E-state index is -0.904. The van der Waals surface area contributed by atoms with E-state index in [9.17, 15) is 14.4 Å². The molecule has 1 fully saturated rings. The number of methoxy groups -OCH3 is 1. The summed E-state index contributed by atoms with van der Waals surface area (Å²) in [4.78, 5) is 41.3. The van der Waals surface area contributed by atoms with Crippen LogP contribution in [-0.2, 0) is 30.2 Å². The summed E-state index contributed by atoms with van der Waals surface area (Å²) in [5.74, 6) is -0.998. The first-order chi connectivity index (χ1) is 18.7. The number of allylic oxidation sites excluding steroid dienone is 1. The normalized spacial score (nSPS) is 21.0. The second kappa shape index (κ2) is 11.1. The highest BCUT2D eigenvalue weighted by atomic mass is 16.7. The van der Waals surface area contributed by atoms with Crippen molar-refractivity contribution in [1.82, 2.24) is 9.47 Å². The van der Waals surface area contributed by atoms with Gasteiger partial charge in [0.15, 0.2) is 0 Å². The van der Waals surface area contributed by atoms with Crippen molar-refractivity contribution in [2.45, 2.75) is 78.6 Å². The number of fused-ring (bicyclic) bond motifs is 5. The van der Waals surface area contributed by atoms with Crippen LogP contribution in [0.2, 0.25) is 0 Å². The van der Waals surface area contributed by atoms with Crippen LogP contribution in [0.1, 0.15) is 72.2 Å². The van der Waals surface area contributed by atoms with Gasteiger partial charge in [0, 0.05) is 24.4 Å². The zero-order valence-corrected chi connectivity index (χ0v) is 24.7. The van der Waals surface area contributed by atoms with Crippen molar-refractivity contribution in [2.24, 2.45) is 5.92 Å². The van der Waals surface area contributed by atoms with Crippen LogP contribution in [0.15, 0.2) is 47.7 Å². The molecule has 1 aromatic carbocycles. The lowest BCUT2D eigenvalue weighted by Crippen LogP contribution is -2.45. The quantitative estimate of drug-likeness (QED) is 0.144. The fourth-order valence-electron chi connectivity index (χ4n) is 5.59. The number of piperidine rings is 1. The number of aromatic nitrogens is 1. The summed E-state index contributed by atoms with van der Waals surface area (Å²) in [6, 6.07) is 7.68. The maximum atomic E-state index is 13.6. The molecule has 40 heavy (non-hydrogen) atoms. The summed E-state index contributed by atoms with van der Waals surface area (Å²) in [6.07, 6.45) is 3.06. The van der Waals surface area contributed by atoms with Crippen LogP contribution in [0.5, 0.6) is 0 Å². The van der Waals surface area contributed by atoms with Crippen LogP contribution in [0.3, 0.4) is 0 Å². The Labute approximate surface area is 235 Å². The Balaban J connectivity index is 1.79. The molecule has 0 amide bonds. The Morgan fingerprint density at radius 2 is 1.68 bits per heavy atom. The maximum Gasteiger partial charge on any atom is 0.513 e. The van der Waals surface area contributed by atoms with Crippen LogP contribution in [0.4, 0.5) is 9.59 Å². The number of esters is 1. The molecule has 3 heterocycles. The number of ether oxygens (including phenoxy) is 4. The summed E-state index contributed by atoms with van der Waals surface area (Å²) >= 11 is 0. The highest BCUT2D eigenvalue weighted by Crippen LogP contribution is 2.46. The smallest absolute Gasteiger partial charge is 0.466 e. The molecule has 2 atom stereocenters. The van der Waals surface area contributed by atoms with Crippen LogP contribution in [0.25, 0.3) is 10.9 Å². The highest BCUT2D eigenvalue weighted by Gasteiger charge is 2.43. The second-order valence-electron chi connectivity index (χ2n) is 12.2. The van der Waals surface area contributed by atoms with Crippen LogP contribution >= 0.6 is 0 Å². The van der Waals surface area contributed by atoms with E-state index >= 15 is 0 Å². The van der Waals surface area contributed by atoms with Gasteiger partial charge in [0.05, 0.1) is 29.9 Å². The van der Waals surface area contributed by atoms with Gasteiger partial charge in [-0.1, -0.05) is 29.8 Å². The van der Waals surface area contributed by atoms with Gasteiger partial charge in [0.25, 0.3) is 0 Å².